The van der Waals surface area contributed by atoms with Crippen molar-refractivity contribution >= 4 is 0 Å². The second-order valence-corrected chi connectivity index (χ2v) is 6.50. The van der Waals surface area contributed by atoms with Crippen molar-refractivity contribution in [2.45, 2.75) is 45.1 Å². The first kappa shape index (κ1) is 16.9. The Labute approximate surface area is 134 Å². The van der Waals surface area contributed by atoms with Crippen LogP contribution < -0.4 is 5.73 Å². The highest BCUT2D eigenvalue weighted by Gasteiger charge is 2.27. The van der Waals surface area contributed by atoms with E-state index < -0.39 is 0 Å². The number of rotatable bonds is 4. The van der Waals surface area contributed by atoms with Crippen LogP contribution in [0.5, 0.6) is 0 Å². The lowest BCUT2D eigenvalue weighted by atomic mass is 9.78. The predicted molar refractivity (Wildman–Crippen MR) is 90.1 cm³/mol. The van der Waals surface area contributed by atoms with Crippen molar-refractivity contribution in [1.29, 1.82) is 0 Å². The molecule has 1 atom stereocenters. The van der Waals surface area contributed by atoms with Crippen molar-refractivity contribution in [2.24, 2.45) is 17.6 Å². The van der Waals surface area contributed by atoms with Gasteiger partial charge < -0.3 is 5.73 Å². The Morgan fingerprint density at radius 3 is 2.41 bits per heavy atom. The van der Waals surface area contributed by atoms with Gasteiger partial charge in [0.1, 0.15) is 5.82 Å². The van der Waals surface area contributed by atoms with E-state index in [4.69, 9.17) is 5.73 Å². The molecule has 4 heteroatoms. The summed E-state index contributed by atoms with van der Waals surface area (Å²) in [6, 6.07) is -0.0402. The summed E-state index contributed by atoms with van der Waals surface area (Å²) in [5.74, 6) is 8.48. The Kier molecular flexibility index (Phi) is 6.35. The molecule has 1 aliphatic carbocycles. The monoisotopic (exact) mass is 300 g/mol. The Morgan fingerprint density at radius 1 is 1.23 bits per heavy atom. The van der Waals surface area contributed by atoms with Gasteiger partial charge in [0, 0.05) is 18.3 Å². The zero-order valence-corrected chi connectivity index (χ0v) is 14.0. The fourth-order valence-corrected chi connectivity index (χ4v) is 2.90. The molecule has 1 aromatic heterocycles. The standard InChI is InChI=1S/C18H28N4/c1-4-14-12-20-18(21-13-14)17(19)16-9-7-15(8-10-16)6-5-11-22(2)3/h12-13,15-17H,4,7-11,19H2,1-3H3. The van der Waals surface area contributed by atoms with Crippen molar-refractivity contribution in [1.82, 2.24) is 14.9 Å². The first-order chi connectivity index (χ1) is 10.6. The van der Waals surface area contributed by atoms with E-state index in [1.165, 1.54) is 0 Å². The van der Waals surface area contributed by atoms with Crippen LogP contribution in [-0.2, 0) is 6.42 Å². The molecule has 120 valence electrons. The van der Waals surface area contributed by atoms with Crippen LogP contribution in [0.4, 0.5) is 0 Å². The van der Waals surface area contributed by atoms with Gasteiger partial charge in [0.05, 0.1) is 12.6 Å². The van der Waals surface area contributed by atoms with Gasteiger partial charge in [0.15, 0.2) is 0 Å². The highest BCUT2D eigenvalue weighted by Crippen LogP contribution is 2.34. The van der Waals surface area contributed by atoms with Crippen molar-refractivity contribution in [3.63, 3.8) is 0 Å². The van der Waals surface area contributed by atoms with Crippen LogP contribution in [0.25, 0.3) is 0 Å². The Balaban J connectivity index is 1.85. The molecular formula is C18H28N4. The summed E-state index contributed by atoms with van der Waals surface area (Å²) in [6.07, 6.45) is 9.31. The smallest absolute Gasteiger partial charge is 0.145 e. The van der Waals surface area contributed by atoms with Gasteiger partial charge in [-0.15, -0.1) is 0 Å². The van der Waals surface area contributed by atoms with E-state index >= 15 is 0 Å². The molecule has 22 heavy (non-hydrogen) atoms. The molecular weight excluding hydrogens is 272 g/mol. The van der Waals surface area contributed by atoms with Crippen LogP contribution >= 0.6 is 0 Å². The van der Waals surface area contributed by atoms with Crippen molar-refractivity contribution in [2.75, 3.05) is 20.6 Å². The van der Waals surface area contributed by atoms with Gasteiger partial charge in [0.2, 0.25) is 0 Å². The molecule has 1 unspecified atom stereocenters. The third-order valence-electron chi connectivity index (χ3n) is 4.41. The molecule has 1 heterocycles. The molecule has 2 N–H and O–H groups in total. The van der Waals surface area contributed by atoms with Gasteiger partial charge in [-0.3, -0.25) is 4.90 Å². The summed E-state index contributed by atoms with van der Waals surface area (Å²) in [6.45, 7) is 2.95. The van der Waals surface area contributed by atoms with Crippen LogP contribution in [0.1, 0.15) is 50.0 Å². The molecule has 0 bridgehead atoms. The van der Waals surface area contributed by atoms with Crippen LogP contribution in [0.15, 0.2) is 12.4 Å². The van der Waals surface area contributed by atoms with E-state index in [0.717, 1.165) is 50.0 Å². The number of nitrogens with two attached hydrogens (primary N) is 1. The van der Waals surface area contributed by atoms with Gasteiger partial charge >= 0.3 is 0 Å². The van der Waals surface area contributed by atoms with E-state index in [-0.39, 0.29) is 6.04 Å². The SMILES string of the molecule is CCc1cnc(C(N)C2CCC(C#CCN(C)C)CC2)nc1. The second-order valence-electron chi connectivity index (χ2n) is 6.50. The summed E-state index contributed by atoms with van der Waals surface area (Å²) in [7, 11) is 4.10. The first-order valence-corrected chi connectivity index (χ1v) is 8.29. The highest BCUT2D eigenvalue weighted by molar-refractivity contribution is 5.09. The summed E-state index contributed by atoms with van der Waals surface area (Å²) >= 11 is 0. The molecule has 0 radical (unpaired) electrons. The fraction of sp³-hybridized carbons (Fsp3) is 0.667. The molecule has 1 aromatic rings. The molecule has 0 saturated heterocycles. The molecule has 1 aliphatic rings. The zero-order valence-electron chi connectivity index (χ0n) is 14.0. The fourth-order valence-electron chi connectivity index (χ4n) is 2.90. The van der Waals surface area contributed by atoms with Crippen molar-refractivity contribution in [3.8, 4) is 11.8 Å². The maximum atomic E-state index is 6.38. The summed E-state index contributed by atoms with van der Waals surface area (Å²) in [5, 5.41) is 0. The van der Waals surface area contributed by atoms with Crippen LogP contribution in [-0.4, -0.2) is 35.5 Å². The maximum Gasteiger partial charge on any atom is 0.145 e. The number of hydrogen-bond acceptors (Lipinski definition) is 4. The van der Waals surface area contributed by atoms with Gasteiger partial charge in [-0.1, -0.05) is 18.8 Å². The number of nitrogens with zero attached hydrogens (tertiary/aromatic N) is 3. The highest BCUT2D eigenvalue weighted by atomic mass is 15.0. The molecule has 0 aromatic carbocycles. The lowest BCUT2D eigenvalue weighted by Crippen LogP contribution is -2.27. The van der Waals surface area contributed by atoms with Crippen molar-refractivity contribution < 1.29 is 0 Å². The molecule has 1 saturated carbocycles. The van der Waals surface area contributed by atoms with Gasteiger partial charge in [-0.2, -0.15) is 0 Å². The number of aryl methyl sites for hydroxylation is 1. The van der Waals surface area contributed by atoms with E-state index in [2.05, 4.69) is 47.7 Å². The van der Waals surface area contributed by atoms with Crippen LogP contribution in [0.2, 0.25) is 0 Å². The van der Waals surface area contributed by atoms with Crippen LogP contribution in [0.3, 0.4) is 0 Å². The molecule has 0 aliphatic heterocycles. The number of hydrogen-bond donors (Lipinski definition) is 1. The summed E-state index contributed by atoms with van der Waals surface area (Å²) in [4.78, 5) is 11.0. The number of aromatic nitrogens is 2. The maximum absolute atomic E-state index is 6.38. The normalized spacial score (nSPS) is 23.0. The van der Waals surface area contributed by atoms with E-state index in [9.17, 15) is 0 Å². The quantitative estimate of drug-likeness (QED) is 0.868. The van der Waals surface area contributed by atoms with E-state index in [1.807, 2.05) is 12.4 Å². The van der Waals surface area contributed by atoms with E-state index in [1.54, 1.807) is 0 Å². The lowest BCUT2D eigenvalue weighted by Gasteiger charge is -2.29. The van der Waals surface area contributed by atoms with Crippen LogP contribution in [0, 0.1) is 23.7 Å². The topological polar surface area (TPSA) is 55.0 Å². The summed E-state index contributed by atoms with van der Waals surface area (Å²) in [5.41, 5.74) is 7.54. The second kappa shape index (κ2) is 8.26. The zero-order chi connectivity index (χ0) is 15.9. The average molecular weight is 300 g/mol. The minimum atomic E-state index is -0.0402. The van der Waals surface area contributed by atoms with Gasteiger partial charge in [-0.05, 0) is 57.7 Å². The van der Waals surface area contributed by atoms with Crippen molar-refractivity contribution in [3.05, 3.63) is 23.8 Å². The first-order valence-electron chi connectivity index (χ1n) is 8.29. The minimum Gasteiger partial charge on any atom is -0.321 e. The molecule has 0 spiro atoms. The lowest BCUT2D eigenvalue weighted by molar-refractivity contribution is 0.270. The Morgan fingerprint density at radius 2 is 1.86 bits per heavy atom. The molecule has 0 amide bonds. The molecule has 1 fully saturated rings. The largest absolute Gasteiger partial charge is 0.321 e. The average Bonchev–Trinajstić information content (AvgIpc) is 2.54. The third kappa shape index (κ3) is 4.79. The van der Waals surface area contributed by atoms with E-state index in [0.29, 0.717) is 11.8 Å². The minimum absolute atomic E-state index is 0.0402. The van der Waals surface area contributed by atoms with Gasteiger partial charge in [0.25, 0.3) is 0 Å². The Bertz CT molecular complexity index is 504. The molecule has 2 rings (SSSR count). The van der Waals surface area contributed by atoms with Gasteiger partial charge in [-0.25, -0.2) is 9.97 Å². The predicted octanol–water partition coefficient (Wildman–Crippen LogP) is 2.41. The molecule has 4 nitrogen and oxygen atoms in total. The summed E-state index contributed by atoms with van der Waals surface area (Å²) < 4.78 is 0. The third-order valence-corrected chi connectivity index (χ3v) is 4.41. The Hall–Kier alpha value is -1.44.